The van der Waals surface area contributed by atoms with Crippen LogP contribution < -0.4 is 0 Å². The molecule has 1 fully saturated rings. The first-order chi connectivity index (χ1) is 14.3. The second-order valence-electron chi connectivity index (χ2n) is 7.88. The molecule has 1 aliphatic rings. The van der Waals surface area contributed by atoms with E-state index in [1.165, 1.54) is 6.07 Å². The van der Waals surface area contributed by atoms with E-state index in [-0.39, 0.29) is 17.9 Å². The zero-order valence-corrected chi connectivity index (χ0v) is 17.2. The highest BCUT2D eigenvalue weighted by atomic mass is 19.3. The summed E-state index contributed by atoms with van der Waals surface area (Å²) >= 11 is 0. The Morgan fingerprint density at radius 1 is 1.03 bits per heavy atom. The Balaban J connectivity index is 1.70. The fourth-order valence-electron chi connectivity index (χ4n) is 3.98. The van der Waals surface area contributed by atoms with E-state index in [2.05, 4.69) is 0 Å². The number of esters is 1. The zero-order valence-electron chi connectivity index (χ0n) is 17.2. The molecule has 30 heavy (non-hydrogen) atoms. The molecule has 0 aromatic heterocycles. The lowest BCUT2D eigenvalue weighted by molar-refractivity contribution is -0.140. The normalized spacial score (nSPS) is 20.7. The molecule has 0 saturated heterocycles. The third-order valence-electron chi connectivity index (χ3n) is 5.78. The van der Waals surface area contributed by atoms with Gasteiger partial charge in [-0.05, 0) is 54.4 Å². The van der Waals surface area contributed by atoms with Gasteiger partial charge in [-0.25, -0.2) is 22.4 Å². The van der Waals surface area contributed by atoms with E-state index in [1.54, 1.807) is 0 Å². The van der Waals surface area contributed by atoms with Crippen LogP contribution in [0.25, 0.3) is 0 Å². The van der Waals surface area contributed by atoms with Crippen LogP contribution in [0.4, 0.5) is 17.6 Å². The van der Waals surface area contributed by atoms with E-state index in [9.17, 15) is 22.4 Å². The Hall–Kier alpha value is -2.37. The topological polar surface area (TPSA) is 26.3 Å². The minimum atomic E-state index is -3.25. The number of hydrogen-bond acceptors (Lipinski definition) is 2. The minimum absolute atomic E-state index is 0.0447. The second kappa shape index (κ2) is 9.19. The van der Waals surface area contributed by atoms with E-state index >= 15 is 0 Å². The molecule has 0 N–H and O–H groups in total. The molecule has 0 bridgehead atoms. The Morgan fingerprint density at radius 2 is 1.73 bits per heavy atom. The van der Waals surface area contributed by atoms with Crippen molar-refractivity contribution in [2.24, 2.45) is 0 Å². The van der Waals surface area contributed by atoms with Crippen LogP contribution in [0.5, 0.6) is 0 Å². The molecule has 0 amide bonds. The number of carbonyl (C=O) groups excluding carboxylic acids is 1. The standard InChI is InChI=1S/C24H26F4O2/c1-3-5-17-10-12-19(22(26)21(17)25)23(29)30-20-13-11-18(14-24(20,27)28)16-8-6-15(4-2)7-9-16/h6-10,12,18,20H,3-5,11,13-14H2,1-2H3. The molecule has 1 aliphatic carbocycles. The van der Waals surface area contributed by atoms with Crippen molar-refractivity contribution < 1.29 is 27.1 Å². The van der Waals surface area contributed by atoms with Crippen LogP contribution in [0.3, 0.4) is 0 Å². The van der Waals surface area contributed by atoms with Gasteiger partial charge < -0.3 is 4.74 Å². The SMILES string of the molecule is CCCc1ccc(C(=O)OC2CCC(c3ccc(CC)cc3)CC2(F)F)c(F)c1F. The molecule has 162 valence electrons. The van der Waals surface area contributed by atoms with Gasteiger partial charge in [0.05, 0.1) is 5.56 Å². The van der Waals surface area contributed by atoms with Gasteiger partial charge in [0, 0.05) is 6.42 Å². The van der Waals surface area contributed by atoms with Gasteiger partial charge in [0.15, 0.2) is 17.7 Å². The number of carbonyl (C=O) groups is 1. The van der Waals surface area contributed by atoms with Gasteiger partial charge in [-0.1, -0.05) is 50.6 Å². The first kappa shape index (κ1) is 22.3. The molecule has 0 heterocycles. The van der Waals surface area contributed by atoms with Gasteiger partial charge in [-0.2, -0.15) is 0 Å². The predicted molar refractivity (Wildman–Crippen MR) is 107 cm³/mol. The molecule has 0 aliphatic heterocycles. The quantitative estimate of drug-likeness (QED) is 0.387. The summed E-state index contributed by atoms with van der Waals surface area (Å²) < 4.78 is 62.8. The fraction of sp³-hybridized carbons (Fsp3) is 0.458. The molecule has 6 heteroatoms. The van der Waals surface area contributed by atoms with E-state index in [4.69, 9.17) is 4.74 Å². The van der Waals surface area contributed by atoms with Crippen molar-refractivity contribution in [2.45, 2.75) is 70.3 Å². The summed E-state index contributed by atoms with van der Waals surface area (Å²) in [4.78, 5) is 12.3. The minimum Gasteiger partial charge on any atom is -0.452 e. The number of hydrogen-bond donors (Lipinski definition) is 0. The molecule has 2 atom stereocenters. The van der Waals surface area contributed by atoms with Crippen LogP contribution in [0, 0.1) is 11.6 Å². The summed E-state index contributed by atoms with van der Waals surface area (Å²) in [6.45, 7) is 3.84. The molecule has 0 spiro atoms. The number of halogens is 4. The van der Waals surface area contributed by atoms with E-state index in [1.807, 2.05) is 38.1 Å². The van der Waals surface area contributed by atoms with Crippen molar-refractivity contribution in [2.75, 3.05) is 0 Å². The van der Waals surface area contributed by atoms with Crippen molar-refractivity contribution in [1.29, 1.82) is 0 Å². The summed E-state index contributed by atoms with van der Waals surface area (Å²) in [5.74, 6) is -7.33. The van der Waals surface area contributed by atoms with Crippen LogP contribution in [-0.2, 0) is 17.6 Å². The number of aryl methyl sites for hydroxylation is 2. The maximum atomic E-state index is 14.7. The average Bonchev–Trinajstić information content (AvgIpc) is 2.73. The third kappa shape index (κ3) is 4.68. The Labute approximate surface area is 174 Å². The molecule has 2 aromatic carbocycles. The fourth-order valence-corrected chi connectivity index (χ4v) is 3.98. The molecule has 1 saturated carbocycles. The van der Waals surface area contributed by atoms with Gasteiger partial charge in [0.1, 0.15) is 0 Å². The lowest BCUT2D eigenvalue weighted by atomic mass is 9.80. The summed E-state index contributed by atoms with van der Waals surface area (Å²) in [7, 11) is 0. The lowest BCUT2D eigenvalue weighted by Crippen LogP contribution is -2.42. The highest BCUT2D eigenvalue weighted by molar-refractivity contribution is 5.90. The smallest absolute Gasteiger partial charge is 0.341 e. The first-order valence-electron chi connectivity index (χ1n) is 10.4. The summed E-state index contributed by atoms with van der Waals surface area (Å²) in [5, 5.41) is 0. The highest BCUT2D eigenvalue weighted by Gasteiger charge is 2.48. The summed E-state index contributed by atoms with van der Waals surface area (Å²) in [6, 6.07) is 9.99. The number of rotatable bonds is 6. The number of ether oxygens (including phenoxy) is 1. The number of alkyl halides is 2. The monoisotopic (exact) mass is 422 g/mol. The van der Waals surface area contributed by atoms with E-state index in [0.717, 1.165) is 23.6 Å². The molecule has 2 unspecified atom stereocenters. The van der Waals surface area contributed by atoms with Gasteiger partial charge in [0.25, 0.3) is 5.92 Å². The third-order valence-corrected chi connectivity index (χ3v) is 5.78. The first-order valence-corrected chi connectivity index (χ1v) is 10.4. The van der Waals surface area contributed by atoms with Crippen molar-refractivity contribution in [1.82, 2.24) is 0 Å². The molecular formula is C24H26F4O2. The predicted octanol–water partition coefficient (Wildman–Crippen LogP) is 6.61. The highest BCUT2D eigenvalue weighted by Crippen LogP contribution is 2.43. The van der Waals surface area contributed by atoms with Crippen LogP contribution >= 0.6 is 0 Å². The van der Waals surface area contributed by atoms with Crippen molar-refractivity contribution >= 4 is 5.97 Å². The maximum absolute atomic E-state index is 14.7. The lowest BCUT2D eigenvalue weighted by Gasteiger charge is -2.35. The van der Waals surface area contributed by atoms with E-state index < -0.39 is 41.6 Å². The Bertz CT molecular complexity index is 893. The van der Waals surface area contributed by atoms with Crippen LogP contribution in [-0.4, -0.2) is 18.0 Å². The zero-order chi connectivity index (χ0) is 21.9. The maximum Gasteiger partial charge on any atom is 0.341 e. The van der Waals surface area contributed by atoms with Gasteiger partial charge in [-0.3, -0.25) is 0 Å². The second-order valence-corrected chi connectivity index (χ2v) is 7.88. The summed E-state index contributed by atoms with van der Waals surface area (Å²) in [6.07, 6.45) is 0.0607. The molecule has 2 aromatic rings. The van der Waals surface area contributed by atoms with Gasteiger partial charge in [-0.15, -0.1) is 0 Å². The van der Waals surface area contributed by atoms with Crippen molar-refractivity contribution in [3.8, 4) is 0 Å². The largest absolute Gasteiger partial charge is 0.452 e. The summed E-state index contributed by atoms with van der Waals surface area (Å²) in [5.41, 5.74) is 1.45. The van der Waals surface area contributed by atoms with Crippen molar-refractivity contribution in [3.05, 3.63) is 70.3 Å². The van der Waals surface area contributed by atoms with Crippen LogP contribution in [0.1, 0.15) is 72.5 Å². The van der Waals surface area contributed by atoms with E-state index in [0.29, 0.717) is 19.3 Å². The molecule has 0 radical (unpaired) electrons. The Morgan fingerprint density at radius 3 is 2.33 bits per heavy atom. The average molecular weight is 422 g/mol. The van der Waals surface area contributed by atoms with Gasteiger partial charge in [0.2, 0.25) is 0 Å². The van der Waals surface area contributed by atoms with Gasteiger partial charge >= 0.3 is 5.97 Å². The molecular weight excluding hydrogens is 396 g/mol. The van der Waals surface area contributed by atoms with Crippen molar-refractivity contribution in [3.63, 3.8) is 0 Å². The Kier molecular flexibility index (Phi) is 6.84. The molecule has 3 rings (SSSR count). The number of benzene rings is 2. The van der Waals surface area contributed by atoms with Crippen LogP contribution in [0.2, 0.25) is 0 Å². The van der Waals surface area contributed by atoms with Crippen LogP contribution in [0.15, 0.2) is 36.4 Å². The molecule has 2 nitrogen and oxygen atoms in total.